The minimum atomic E-state index is -0.393. The number of nitrogens with one attached hydrogen (secondary N) is 2. The molecule has 2 aliphatic rings. The smallest absolute Gasteiger partial charge is 0.242 e. The average Bonchev–Trinajstić information content (AvgIpc) is 3.38. The van der Waals surface area contributed by atoms with E-state index in [0.717, 1.165) is 12.8 Å². The van der Waals surface area contributed by atoms with Gasteiger partial charge >= 0.3 is 0 Å². The summed E-state index contributed by atoms with van der Waals surface area (Å²) in [6.45, 7) is 11.5. The molecule has 2 saturated heterocycles. The lowest BCUT2D eigenvalue weighted by Crippen LogP contribution is -2.50. The Morgan fingerprint density at radius 3 is 1.43 bits per heavy atom. The molecule has 0 radical (unpaired) electrons. The van der Waals surface area contributed by atoms with E-state index in [1.165, 1.54) is 0 Å². The van der Waals surface area contributed by atoms with E-state index in [1.807, 2.05) is 34.6 Å². The van der Waals surface area contributed by atoms with E-state index in [9.17, 15) is 19.2 Å². The van der Waals surface area contributed by atoms with Gasteiger partial charge in [0.15, 0.2) is 0 Å². The fourth-order valence-electron chi connectivity index (χ4n) is 4.13. The van der Waals surface area contributed by atoms with Crippen LogP contribution in [0.15, 0.2) is 0 Å². The van der Waals surface area contributed by atoms with Gasteiger partial charge < -0.3 is 20.4 Å². The standard InChI is InChI=1S/C22H38N4O4/c1-14(2)21(29)25-10-6-8-17(25)19(27)23-12-16(5)13-24-20(28)18-9-7-11-26(18)22(30)15(3)4/h14-18H,6-13H2,1-5H3,(H,23,27)(H,24,28). The Bertz CT molecular complexity index is 595. The molecular formula is C22H38N4O4. The summed E-state index contributed by atoms with van der Waals surface area (Å²) < 4.78 is 0. The van der Waals surface area contributed by atoms with Crippen LogP contribution in [0.3, 0.4) is 0 Å². The second kappa shape index (κ2) is 10.8. The summed E-state index contributed by atoms with van der Waals surface area (Å²) in [5, 5.41) is 5.87. The van der Waals surface area contributed by atoms with Crippen molar-refractivity contribution in [2.75, 3.05) is 26.2 Å². The molecule has 8 nitrogen and oxygen atoms in total. The number of carbonyl (C=O) groups is 4. The largest absolute Gasteiger partial charge is 0.354 e. The summed E-state index contributed by atoms with van der Waals surface area (Å²) in [7, 11) is 0. The van der Waals surface area contributed by atoms with Gasteiger partial charge in [0.1, 0.15) is 12.1 Å². The van der Waals surface area contributed by atoms with Gasteiger partial charge in [0, 0.05) is 38.0 Å². The third kappa shape index (κ3) is 5.95. The molecule has 2 heterocycles. The predicted molar refractivity (Wildman–Crippen MR) is 114 cm³/mol. The van der Waals surface area contributed by atoms with Crippen molar-refractivity contribution in [2.45, 2.75) is 72.4 Å². The molecule has 30 heavy (non-hydrogen) atoms. The molecule has 0 aromatic carbocycles. The van der Waals surface area contributed by atoms with E-state index in [2.05, 4.69) is 10.6 Å². The summed E-state index contributed by atoms with van der Waals surface area (Å²) in [5.74, 6) is -0.400. The van der Waals surface area contributed by atoms with Crippen LogP contribution in [0, 0.1) is 17.8 Å². The number of nitrogens with zero attached hydrogens (tertiary/aromatic N) is 2. The van der Waals surface area contributed by atoms with Crippen LogP contribution < -0.4 is 10.6 Å². The zero-order chi connectivity index (χ0) is 22.4. The van der Waals surface area contributed by atoms with Crippen molar-refractivity contribution in [3.63, 3.8) is 0 Å². The highest BCUT2D eigenvalue weighted by molar-refractivity contribution is 5.89. The quantitative estimate of drug-likeness (QED) is 0.613. The molecule has 4 amide bonds. The number of hydrogen-bond acceptors (Lipinski definition) is 4. The lowest BCUT2D eigenvalue weighted by molar-refractivity contribution is -0.141. The molecule has 2 fully saturated rings. The fraction of sp³-hybridized carbons (Fsp3) is 0.818. The topological polar surface area (TPSA) is 98.8 Å². The molecule has 8 heteroatoms. The van der Waals surface area contributed by atoms with Crippen LogP contribution in [0.2, 0.25) is 0 Å². The maximum absolute atomic E-state index is 12.6. The molecule has 0 aromatic heterocycles. The highest BCUT2D eigenvalue weighted by Gasteiger charge is 2.36. The van der Waals surface area contributed by atoms with Crippen LogP contribution in [-0.4, -0.2) is 71.7 Å². The molecule has 2 unspecified atom stereocenters. The maximum atomic E-state index is 12.6. The molecule has 0 aliphatic carbocycles. The normalized spacial score (nSPS) is 22.5. The summed E-state index contributed by atoms with van der Waals surface area (Å²) in [5.41, 5.74) is 0. The summed E-state index contributed by atoms with van der Waals surface area (Å²) in [6.07, 6.45) is 3.07. The van der Waals surface area contributed by atoms with Crippen LogP contribution in [0.25, 0.3) is 0 Å². The first-order valence-corrected chi connectivity index (χ1v) is 11.3. The monoisotopic (exact) mass is 422 g/mol. The Morgan fingerprint density at radius 2 is 1.10 bits per heavy atom. The Morgan fingerprint density at radius 1 is 0.733 bits per heavy atom. The van der Waals surface area contributed by atoms with E-state index in [4.69, 9.17) is 0 Å². The van der Waals surface area contributed by atoms with Crippen molar-refractivity contribution in [2.24, 2.45) is 17.8 Å². The molecular weight excluding hydrogens is 384 g/mol. The lowest BCUT2D eigenvalue weighted by Gasteiger charge is -2.27. The first-order chi connectivity index (χ1) is 14.1. The van der Waals surface area contributed by atoms with Gasteiger partial charge in [-0.15, -0.1) is 0 Å². The van der Waals surface area contributed by atoms with Crippen LogP contribution >= 0.6 is 0 Å². The zero-order valence-electron chi connectivity index (χ0n) is 19.1. The summed E-state index contributed by atoms with van der Waals surface area (Å²) in [4.78, 5) is 53.1. The summed E-state index contributed by atoms with van der Waals surface area (Å²) in [6, 6.07) is -0.786. The molecule has 170 valence electrons. The van der Waals surface area contributed by atoms with E-state index in [1.54, 1.807) is 9.80 Å². The van der Waals surface area contributed by atoms with E-state index in [0.29, 0.717) is 39.0 Å². The van der Waals surface area contributed by atoms with Gasteiger partial charge in [-0.05, 0) is 31.6 Å². The number of rotatable bonds is 8. The van der Waals surface area contributed by atoms with Gasteiger partial charge in [-0.1, -0.05) is 34.6 Å². The highest BCUT2D eigenvalue weighted by Crippen LogP contribution is 2.21. The van der Waals surface area contributed by atoms with Crippen molar-refractivity contribution < 1.29 is 19.2 Å². The number of amides is 4. The SMILES string of the molecule is CC(CNC(=O)C1CCCN1C(=O)C(C)C)CNC(=O)C1CCCN1C(=O)C(C)C. The second-order valence-electron chi connectivity index (χ2n) is 9.28. The number of hydrogen-bond donors (Lipinski definition) is 2. The third-order valence-corrected chi connectivity index (χ3v) is 5.91. The van der Waals surface area contributed by atoms with Gasteiger partial charge in [-0.2, -0.15) is 0 Å². The van der Waals surface area contributed by atoms with Gasteiger partial charge in [0.25, 0.3) is 0 Å². The summed E-state index contributed by atoms with van der Waals surface area (Å²) >= 11 is 0. The molecule has 2 atom stereocenters. The van der Waals surface area contributed by atoms with E-state index >= 15 is 0 Å². The average molecular weight is 423 g/mol. The first-order valence-electron chi connectivity index (χ1n) is 11.3. The van der Waals surface area contributed by atoms with E-state index in [-0.39, 0.29) is 41.4 Å². The molecule has 2 rings (SSSR count). The van der Waals surface area contributed by atoms with Crippen molar-refractivity contribution in [1.82, 2.24) is 20.4 Å². The van der Waals surface area contributed by atoms with Crippen LogP contribution in [-0.2, 0) is 19.2 Å². The second-order valence-corrected chi connectivity index (χ2v) is 9.28. The van der Waals surface area contributed by atoms with Gasteiger partial charge in [0.05, 0.1) is 0 Å². The van der Waals surface area contributed by atoms with Crippen molar-refractivity contribution in [3.05, 3.63) is 0 Å². The highest BCUT2D eigenvalue weighted by atomic mass is 16.2. The molecule has 2 N–H and O–H groups in total. The predicted octanol–water partition coefficient (Wildman–Crippen LogP) is 1.15. The van der Waals surface area contributed by atoms with Crippen molar-refractivity contribution >= 4 is 23.6 Å². The molecule has 0 spiro atoms. The van der Waals surface area contributed by atoms with Gasteiger partial charge in [0.2, 0.25) is 23.6 Å². The first kappa shape index (κ1) is 24.2. The van der Waals surface area contributed by atoms with Crippen LogP contribution in [0.5, 0.6) is 0 Å². The minimum absolute atomic E-state index is 0.0185. The lowest BCUT2D eigenvalue weighted by atomic mass is 10.1. The Kier molecular flexibility index (Phi) is 8.67. The third-order valence-electron chi connectivity index (χ3n) is 5.91. The van der Waals surface area contributed by atoms with Gasteiger partial charge in [-0.25, -0.2) is 0 Å². The zero-order valence-corrected chi connectivity index (χ0v) is 19.1. The molecule has 0 saturated carbocycles. The van der Waals surface area contributed by atoms with E-state index < -0.39 is 12.1 Å². The Labute approximate surface area is 180 Å². The number of carbonyl (C=O) groups excluding carboxylic acids is 4. The maximum Gasteiger partial charge on any atom is 0.242 e. The van der Waals surface area contributed by atoms with Crippen molar-refractivity contribution in [1.29, 1.82) is 0 Å². The molecule has 0 bridgehead atoms. The number of likely N-dealkylation sites (tertiary alicyclic amines) is 2. The van der Waals surface area contributed by atoms with Crippen LogP contribution in [0.1, 0.15) is 60.3 Å². The Balaban J connectivity index is 1.77. The van der Waals surface area contributed by atoms with Crippen molar-refractivity contribution in [3.8, 4) is 0 Å². The molecule has 2 aliphatic heterocycles. The van der Waals surface area contributed by atoms with Gasteiger partial charge in [-0.3, -0.25) is 19.2 Å². The Hall–Kier alpha value is -2.12. The minimum Gasteiger partial charge on any atom is -0.354 e. The fourth-order valence-corrected chi connectivity index (χ4v) is 4.13. The molecule has 0 aromatic rings. The van der Waals surface area contributed by atoms with Crippen LogP contribution in [0.4, 0.5) is 0 Å².